The fourth-order valence-corrected chi connectivity index (χ4v) is 4.60. The van der Waals surface area contributed by atoms with Crippen molar-refractivity contribution in [3.8, 4) is 29.0 Å². The fourth-order valence-electron chi connectivity index (χ4n) is 3.90. The summed E-state index contributed by atoms with van der Waals surface area (Å²) >= 11 is 1.35. The molecule has 4 aromatic carbocycles. The zero-order chi connectivity index (χ0) is 22.7. The summed E-state index contributed by atoms with van der Waals surface area (Å²) in [5.41, 5.74) is 3.76. The number of rotatable bonds is 3. The van der Waals surface area contributed by atoms with Gasteiger partial charge in [0.1, 0.15) is 0 Å². The summed E-state index contributed by atoms with van der Waals surface area (Å²) in [6.07, 6.45) is 1.64. The van der Waals surface area contributed by atoms with Crippen LogP contribution in [-0.2, 0) is 5.60 Å². The average molecular weight is 443 g/mol. The molecular formula is C29H18N2OS. The number of hydrogen-bond donors (Lipinski definition) is 1. The van der Waals surface area contributed by atoms with Gasteiger partial charge in [-0.3, -0.25) is 4.98 Å². The van der Waals surface area contributed by atoms with Crippen LogP contribution in [0.25, 0.3) is 21.9 Å². The van der Waals surface area contributed by atoms with Crippen LogP contribution in [0.1, 0.15) is 21.6 Å². The van der Waals surface area contributed by atoms with Gasteiger partial charge in [-0.25, -0.2) is 0 Å². The Balaban J connectivity index is 1.72. The molecule has 0 spiro atoms. The molecule has 0 aliphatic carbocycles. The number of thiazole rings is 1. The first-order valence-corrected chi connectivity index (χ1v) is 11.3. The van der Waals surface area contributed by atoms with Crippen molar-refractivity contribution in [2.45, 2.75) is 5.60 Å². The third-order valence-electron chi connectivity index (χ3n) is 5.59. The van der Waals surface area contributed by atoms with Crippen LogP contribution in [0, 0.1) is 23.2 Å². The molecule has 1 aromatic heterocycles. The highest BCUT2D eigenvalue weighted by atomic mass is 32.1. The van der Waals surface area contributed by atoms with E-state index in [0.717, 1.165) is 27.5 Å². The predicted molar refractivity (Wildman–Crippen MR) is 133 cm³/mol. The first kappa shape index (κ1) is 20.7. The van der Waals surface area contributed by atoms with Gasteiger partial charge in [-0.15, -0.1) is 11.3 Å². The normalized spacial score (nSPS) is 12.4. The van der Waals surface area contributed by atoms with Gasteiger partial charge >= 0.3 is 0 Å². The molecule has 0 saturated heterocycles. The molecule has 1 atom stereocenters. The van der Waals surface area contributed by atoms with Gasteiger partial charge in [0.25, 0.3) is 0 Å². The summed E-state index contributed by atoms with van der Waals surface area (Å²) in [6.45, 7) is 0. The minimum atomic E-state index is -1.57. The van der Waals surface area contributed by atoms with E-state index in [9.17, 15) is 10.4 Å². The van der Waals surface area contributed by atoms with Gasteiger partial charge in [0.05, 0.1) is 22.0 Å². The lowest BCUT2D eigenvalue weighted by atomic mass is 9.87. The number of benzene rings is 4. The smallest absolute Gasteiger partial charge is 0.188 e. The summed E-state index contributed by atoms with van der Waals surface area (Å²) in [6, 6.07) is 31.4. The lowest BCUT2D eigenvalue weighted by molar-refractivity contribution is 0.149. The summed E-state index contributed by atoms with van der Waals surface area (Å²) in [5.74, 6) is 6.18. The van der Waals surface area contributed by atoms with Crippen LogP contribution in [-0.4, -0.2) is 10.1 Å². The van der Waals surface area contributed by atoms with E-state index < -0.39 is 5.60 Å². The third-order valence-corrected chi connectivity index (χ3v) is 6.47. The van der Waals surface area contributed by atoms with E-state index >= 15 is 0 Å². The number of nitriles is 1. The molecule has 0 bridgehead atoms. The van der Waals surface area contributed by atoms with Crippen LogP contribution >= 0.6 is 11.3 Å². The second-order valence-electron chi connectivity index (χ2n) is 7.59. The maximum Gasteiger partial charge on any atom is 0.188 e. The van der Waals surface area contributed by atoms with Crippen molar-refractivity contribution in [3.05, 3.63) is 124 Å². The van der Waals surface area contributed by atoms with Crippen LogP contribution in [0.2, 0.25) is 0 Å². The number of hydrogen-bond acceptors (Lipinski definition) is 4. The van der Waals surface area contributed by atoms with Gasteiger partial charge in [0.15, 0.2) is 5.60 Å². The largest absolute Gasteiger partial charge is 0.369 e. The first-order valence-electron chi connectivity index (χ1n) is 10.4. The molecule has 156 valence electrons. The topological polar surface area (TPSA) is 56.9 Å². The molecule has 5 rings (SSSR count). The monoisotopic (exact) mass is 442 g/mol. The molecule has 1 unspecified atom stereocenters. The molecule has 3 nitrogen and oxygen atoms in total. The summed E-state index contributed by atoms with van der Waals surface area (Å²) in [4.78, 5) is 4.79. The van der Waals surface area contributed by atoms with Crippen LogP contribution in [0.5, 0.6) is 0 Å². The predicted octanol–water partition coefficient (Wildman–Crippen LogP) is 6.12. The molecule has 0 amide bonds. The van der Waals surface area contributed by atoms with Crippen molar-refractivity contribution in [3.63, 3.8) is 0 Å². The number of nitrogens with zero attached hydrogens (tertiary/aromatic N) is 2. The summed E-state index contributed by atoms with van der Waals surface area (Å²) < 4.78 is 0. The van der Waals surface area contributed by atoms with Crippen molar-refractivity contribution in [2.75, 3.05) is 0 Å². The molecule has 1 heterocycles. The Morgan fingerprint density at radius 2 is 1.64 bits per heavy atom. The van der Waals surface area contributed by atoms with Gasteiger partial charge in [-0.05, 0) is 40.6 Å². The molecule has 33 heavy (non-hydrogen) atoms. The highest BCUT2D eigenvalue weighted by Gasteiger charge is 2.32. The first-order chi connectivity index (χ1) is 16.2. The van der Waals surface area contributed by atoms with Crippen molar-refractivity contribution in [2.24, 2.45) is 0 Å². The standard InChI is InChI=1S/C29H18N2OS/c30-18-23-13-14-24(17-27(23)26-12-6-10-22-9-4-5-11-25(22)26)29(32,28-19-31-20-33-28)16-15-21-7-2-1-3-8-21/h1-14,17,19-20,32H. The lowest BCUT2D eigenvalue weighted by Crippen LogP contribution is -2.24. The Labute approximate surface area is 196 Å². The van der Waals surface area contributed by atoms with Crippen LogP contribution in [0.15, 0.2) is 103 Å². The second-order valence-corrected chi connectivity index (χ2v) is 8.48. The van der Waals surface area contributed by atoms with E-state index in [2.05, 4.69) is 22.9 Å². The quantitative estimate of drug-likeness (QED) is 0.342. The van der Waals surface area contributed by atoms with Crippen molar-refractivity contribution >= 4 is 22.1 Å². The van der Waals surface area contributed by atoms with Crippen molar-refractivity contribution < 1.29 is 5.11 Å². The van der Waals surface area contributed by atoms with Crippen LogP contribution < -0.4 is 0 Å². The number of aromatic nitrogens is 1. The molecular weight excluding hydrogens is 424 g/mol. The van der Waals surface area contributed by atoms with Crippen LogP contribution in [0.4, 0.5) is 0 Å². The van der Waals surface area contributed by atoms with Gasteiger partial charge < -0.3 is 5.11 Å². The third kappa shape index (κ3) is 3.90. The van der Waals surface area contributed by atoms with Gasteiger partial charge in [-0.1, -0.05) is 78.6 Å². The molecule has 0 aliphatic heterocycles. The minimum absolute atomic E-state index is 0.540. The number of aliphatic hydroxyl groups is 1. The highest BCUT2D eigenvalue weighted by Crippen LogP contribution is 2.37. The maximum atomic E-state index is 11.9. The summed E-state index contributed by atoms with van der Waals surface area (Å²) in [7, 11) is 0. The Morgan fingerprint density at radius 3 is 2.42 bits per heavy atom. The van der Waals surface area contributed by atoms with Crippen molar-refractivity contribution in [1.82, 2.24) is 4.98 Å². The van der Waals surface area contributed by atoms with E-state index in [1.807, 2.05) is 78.9 Å². The van der Waals surface area contributed by atoms with E-state index in [1.165, 1.54) is 11.3 Å². The van der Waals surface area contributed by atoms with Gasteiger partial charge in [-0.2, -0.15) is 5.26 Å². The molecule has 0 aliphatic rings. The SMILES string of the molecule is N#Cc1ccc(C(O)(C#Cc2ccccc2)c2cncs2)cc1-c1cccc2ccccc12. The Hall–Kier alpha value is -4.22. The summed E-state index contributed by atoms with van der Waals surface area (Å²) in [5, 5.41) is 23.8. The maximum absolute atomic E-state index is 11.9. The minimum Gasteiger partial charge on any atom is -0.369 e. The van der Waals surface area contributed by atoms with Crippen molar-refractivity contribution in [1.29, 1.82) is 5.26 Å². The Bertz CT molecular complexity index is 1530. The zero-order valence-electron chi connectivity index (χ0n) is 17.6. The second kappa shape index (κ2) is 8.73. The van der Waals surface area contributed by atoms with E-state index in [4.69, 9.17) is 0 Å². The Kier molecular flexibility index (Phi) is 5.47. The molecule has 0 saturated carbocycles. The molecule has 1 N–H and O–H groups in total. The van der Waals surface area contributed by atoms with Gasteiger partial charge in [0.2, 0.25) is 0 Å². The molecule has 0 fully saturated rings. The average Bonchev–Trinajstić information content (AvgIpc) is 3.43. The highest BCUT2D eigenvalue weighted by molar-refractivity contribution is 7.09. The molecule has 4 heteroatoms. The lowest BCUT2D eigenvalue weighted by Gasteiger charge is -2.22. The van der Waals surface area contributed by atoms with E-state index in [-0.39, 0.29) is 0 Å². The van der Waals surface area contributed by atoms with Gasteiger partial charge in [0, 0.05) is 22.9 Å². The Morgan fingerprint density at radius 1 is 0.848 bits per heavy atom. The van der Waals surface area contributed by atoms with E-state index in [1.54, 1.807) is 23.8 Å². The molecule has 5 aromatic rings. The number of fused-ring (bicyclic) bond motifs is 1. The van der Waals surface area contributed by atoms with Crippen LogP contribution in [0.3, 0.4) is 0 Å². The fraction of sp³-hybridized carbons (Fsp3) is 0.0345. The van der Waals surface area contributed by atoms with E-state index in [0.29, 0.717) is 16.0 Å². The molecule has 0 radical (unpaired) electrons. The zero-order valence-corrected chi connectivity index (χ0v) is 18.4.